The Morgan fingerprint density at radius 1 is 1.23 bits per heavy atom. The van der Waals surface area contributed by atoms with Gasteiger partial charge in [0, 0.05) is 18.3 Å². The number of rotatable bonds is 5. The van der Waals surface area contributed by atoms with Crippen LogP contribution in [0.3, 0.4) is 0 Å². The molecule has 6 nitrogen and oxygen atoms in total. The van der Waals surface area contributed by atoms with Crippen LogP contribution in [0.4, 0.5) is 5.69 Å². The van der Waals surface area contributed by atoms with E-state index in [0.717, 1.165) is 5.56 Å². The number of carbonyl (C=O) groups excluding carboxylic acids is 1. The van der Waals surface area contributed by atoms with Crippen molar-refractivity contribution in [1.82, 2.24) is 14.8 Å². The largest absolute Gasteiger partial charge is 0.325 e. The summed E-state index contributed by atoms with van der Waals surface area (Å²) in [5.41, 5.74) is 1.98. The number of nitriles is 1. The number of benzene rings is 2. The van der Waals surface area contributed by atoms with Crippen molar-refractivity contribution < 1.29 is 4.79 Å². The number of halogens is 1. The molecule has 0 saturated carbocycles. The third-order valence-electron chi connectivity index (χ3n) is 3.58. The minimum atomic E-state index is -0.165. The maximum atomic E-state index is 12.1. The molecule has 1 aromatic heterocycles. The van der Waals surface area contributed by atoms with Crippen LogP contribution in [0.25, 0.3) is 11.4 Å². The molecule has 0 fully saturated rings. The van der Waals surface area contributed by atoms with E-state index in [9.17, 15) is 4.79 Å². The van der Waals surface area contributed by atoms with E-state index in [1.54, 1.807) is 34.9 Å². The van der Waals surface area contributed by atoms with Crippen LogP contribution in [0, 0.1) is 11.3 Å². The van der Waals surface area contributed by atoms with Crippen molar-refractivity contribution in [1.29, 1.82) is 5.26 Å². The highest BCUT2D eigenvalue weighted by Gasteiger charge is 2.14. The van der Waals surface area contributed by atoms with Crippen LogP contribution >= 0.6 is 23.4 Å². The summed E-state index contributed by atoms with van der Waals surface area (Å²) in [4.78, 5) is 12.1. The molecule has 0 spiro atoms. The second kappa shape index (κ2) is 8.04. The van der Waals surface area contributed by atoms with Crippen molar-refractivity contribution in [3.8, 4) is 17.5 Å². The Labute approximate surface area is 159 Å². The average Bonchev–Trinajstić information content (AvgIpc) is 3.01. The van der Waals surface area contributed by atoms with Gasteiger partial charge in [0.1, 0.15) is 0 Å². The van der Waals surface area contributed by atoms with Gasteiger partial charge in [-0.15, -0.1) is 10.2 Å². The highest BCUT2D eigenvalue weighted by Crippen LogP contribution is 2.28. The van der Waals surface area contributed by atoms with Crippen LogP contribution < -0.4 is 5.32 Å². The van der Waals surface area contributed by atoms with E-state index >= 15 is 0 Å². The molecule has 8 heteroatoms. The summed E-state index contributed by atoms with van der Waals surface area (Å²) < 4.78 is 1.81. The average molecular weight is 384 g/mol. The number of carbonyl (C=O) groups is 1. The van der Waals surface area contributed by atoms with Gasteiger partial charge in [-0.25, -0.2) is 0 Å². The molecule has 26 heavy (non-hydrogen) atoms. The van der Waals surface area contributed by atoms with Crippen molar-refractivity contribution in [3.05, 3.63) is 59.1 Å². The van der Waals surface area contributed by atoms with E-state index in [4.69, 9.17) is 16.9 Å². The number of nitrogens with one attached hydrogen (secondary N) is 1. The summed E-state index contributed by atoms with van der Waals surface area (Å²) in [5.74, 6) is 0.668. The second-order valence-electron chi connectivity index (χ2n) is 5.37. The minimum Gasteiger partial charge on any atom is -0.325 e. The zero-order valence-electron chi connectivity index (χ0n) is 13.8. The number of aromatic nitrogens is 3. The van der Waals surface area contributed by atoms with E-state index in [0.29, 0.717) is 27.3 Å². The number of hydrogen-bond acceptors (Lipinski definition) is 5. The Morgan fingerprint density at radius 2 is 1.96 bits per heavy atom. The summed E-state index contributed by atoms with van der Waals surface area (Å²) >= 11 is 7.49. The Kier molecular flexibility index (Phi) is 5.56. The quantitative estimate of drug-likeness (QED) is 0.678. The lowest BCUT2D eigenvalue weighted by Gasteiger charge is -2.06. The molecule has 2 aromatic carbocycles. The van der Waals surface area contributed by atoms with Gasteiger partial charge in [-0.2, -0.15) is 5.26 Å². The van der Waals surface area contributed by atoms with E-state index in [1.165, 1.54) is 11.8 Å². The van der Waals surface area contributed by atoms with E-state index in [2.05, 4.69) is 15.5 Å². The van der Waals surface area contributed by atoms with Gasteiger partial charge in [-0.3, -0.25) is 4.79 Å². The summed E-state index contributed by atoms with van der Waals surface area (Å²) in [5, 5.41) is 21.1. The van der Waals surface area contributed by atoms with Crippen molar-refractivity contribution in [2.24, 2.45) is 7.05 Å². The highest BCUT2D eigenvalue weighted by atomic mass is 35.5. The molecule has 130 valence electrons. The van der Waals surface area contributed by atoms with E-state index in [1.807, 2.05) is 31.3 Å². The summed E-state index contributed by atoms with van der Waals surface area (Å²) in [6, 6.07) is 16.1. The van der Waals surface area contributed by atoms with E-state index < -0.39 is 0 Å². The molecule has 3 rings (SSSR count). The van der Waals surface area contributed by atoms with Crippen LogP contribution in [0.2, 0.25) is 5.02 Å². The number of nitrogens with zero attached hydrogens (tertiary/aromatic N) is 4. The lowest BCUT2D eigenvalue weighted by atomic mass is 10.2. The molecule has 0 unspecified atom stereocenters. The molecule has 1 amide bonds. The maximum Gasteiger partial charge on any atom is 0.234 e. The molecular weight excluding hydrogens is 370 g/mol. The van der Waals surface area contributed by atoms with Gasteiger partial charge < -0.3 is 9.88 Å². The third-order valence-corrected chi connectivity index (χ3v) is 4.93. The molecule has 1 heterocycles. The normalized spacial score (nSPS) is 10.3. The lowest BCUT2D eigenvalue weighted by Crippen LogP contribution is -2.14. The summed E-state index contributed by atoms with van der Waals surface area (Å²) in [7, 11) is 1.83. The molecule has 0 saturated heterocycles. The maximum absolute atomic E-state index is 12.1. The zero-order valence-corrected chi connectivity index (χ0v) is 15.4. The van der Waals surface area contributed by atoms with Gasteiger partial charge in [0.05, 0.1) is 22.4 Å². The van der Waals surface area contributed by atoms with Gasteiger partial charge in [0.2, 0.25) is 5.91 Å². The fourth-order valence-electron chi connectivity index (χ4n) is 2.27. The first-order valence-corrected chi connectivity index (χ1v) is 9.02. The fourth-order valence-corrected chi connectivity index (χ4v) is 3.20. The van der Waals surface area contributed by atoms with Crippen LogP contribution in [0.1, 0.15) is 5.56 Å². The Bertz CT molecular complexity index is 978. The molecule has 0 bridgehead atoms. The molecule has 0 radical (unpaired) electrons. The molecule has 0 aliphatic carbocycles. The van der Waals surface area contributed by atoms with Crippen LogP contribution in [-0.2, 0) is 11.8 Å². The second-order valence-corrected chi connectivity index (χ2v) is 6.72. The van der Waals surface area contributed by atoms with Gasteiger partial charge in [0.25, 0.3) is 0 Å². The first-order valence-electron chi connectivity index (χ1n) is 7.65. The number of anilines is 1. The van der Waals surface area contributed by atoms with Crippen LogP contribution in [-0.4, -0.2) is 26.4 Å². The summed E-state index contributed by atoms with van der Waals surface area (Å²) in [6.45, 7) is 0. The van der Waals surface area contributed by atoms with Crippen molar-refractivity contribution >= 4 is 35.0 Å². The molecule has 0 atom stereocenters. The molecule has 0 aliphatic rings. The van der Waals surface area contributed by atoms with Crippen LogP contribution in [0.15, 0.2) is 53.7 Å². The Morgan fingerprint density at radius 3 is 2.65 bits per heavy atom. The number of thioether (sulfide) groups is 1. The molecule has 1 N–H and O–H groups in total. The lowest BCUT2D eigenvalue weighted by molar-refractivity contribution is -0.113. The number of hydrogen-bond donors (Lipinski definition) is 1. The molecule has 3 aromatic rings. The van der Waals surface area contributed by atoms with Gasteiger partial charge in [-0.05, 0) is 36.4 Å². The van der Waals surface area contributed by atoms with Crippen molar-refractivity contribution in [2.45, 2.75) is 5.16 Å². The Balaban J connectivity index is 1.64. The van der Waals surface area contributed by atoms with Gasteiger partial charge in [-0.1, -0.05) is 35.5 Å². The molecular formula is C18H14ClN5OS. The minimum absolute atomic E-state index is 0.165. The summed E-state index contributed by atoms with van der Waals surface area (Å²) in [6.07, 6.45) is 0. The molecule has 0 aliphatic heterocycles. The highest BCUT2D eigenvalue weighted by molar-refractivity contribution is 7.99. The SMILES string of the molecule is Cn1c(SCC(=O)Nc2ccc(C#N)cc2)nnc1-c1ccccc1Cl. The first-order chi connectivity index (χ1) is 12.6. The van der Waals surface area contributed by atoms with Crippen LogP contribution in [0.5, 0.6) is 0 Å². The predicted octanol–water partition coefficient (Wildman–Crippen LogP) is 3.74. The number of amides is 1. The predicted molar refractivity (Wildman–Crippen MR) is 102 cm³/mol. The third kappa shape index (κ3) is 4.04. The first kappa shape index (κ1) is 18.0. The monoisotopic (exact) mass is 383 g/mol. The topological polar surface area (TPSA) is 83.6 Å². The fraction of sp³-hybridized carbons (Fsp3) is 0.111. The van der Waals surface area contributed by atoms with Gasteiger partial charge in [0.15, 0.2) is 11.0 Å². The standard InChI is InChI=1S/C18H14ClN5OS/c1-24-17(14-4-2-3-5-15(14)19)22-23-18(24)26-11-16(25)21-13-8-6-12(10-20)7-9-13/h2-9H,11H2,1H3,(H,21,25). The Hall–Kier alpha value is -2.82. The smallest absolute Gasteiger partial charge is 0.234 e. The van der Waals surface area contributed by atoms with Crippen molar-refractivity contribution in [2.75, 3.05) is 11.1 Å². The zero-order chi connectivity index (χ0) is 18.5. The van der Waals surface area contributed by atoms with Gasteiger partial charge >= 0.3 is 0 Å². The van der Waals surface area contributed by atoms with E-state index in [-0.39, 0.29) is 11.7 Å². The van der Waals surface area contributed by atoms with Crippen molar-refractivity contribution in [3.63, 3.8) is 0 Å².